The molecule has 4 rings (SSSR count). The van der Waals surface area contributed by atoms with Crippen LogP contribution in [0.4, 0.5) is 10.1 Å². The molecule has 0 atom stereocenters. The molecule has 0 saturated heterocycles. The topological polar surface area (TPSA) is 99.0 Å². The van der Waals surface area contributed by atoms with Crippen LogP contribution in [0.25, 0.3) is 11.3 Å². The number of nitrogens with zero attached hydrogens (tertiary/aromatic N) is 4. The first kappa shape index (κ1) is 23.1. The number of nitriles is 1. The number of hydrogen-bond donors (Lipinski definition) is 1. The summed E-state index contributed by atoms with van der Waals surface area (Å²) in [6.07, 6.45) is 5.79. The van der Waals surface area contributed by atoms with E-state index < -0.39 is 5.82 Å². The quantitative estimate of drug-likeness (QED) is 0.553. The summed E-state index contributed by atoms with van der Waals surface area (Å²) in [4.78, 5) is 34.2. The number of hydrogen-bond acceptors (Lipinski definition) is 5. The van der Waals surface area contributed by atoms with Crippen LogP contribution in [0.3, 0.4) is 0 Å². The van der Waals surface area contributed by atoms with Crippen molar-refractivity contribution >= 4 is 17.5 Å². The third-order valence-corrected chi connectivity index (χ3v) is 5.72. The molecule has 1 N–H and O–H groups in total. The Labute approximate surface area is 197 Å². The fourth-order valence-electron chi connectivity index (χ4n) is 3.60. The maximum atomic E-state index is 14.8. The number of rotatable bonds is 8. The van der Waals surface area contributed by atoms with E-state index in [1.54, 1.807) is 42.6 Å². The second-order valence-corrected chi connectivity index (χ2v) is 8.34. The van der Waals surface area contributed by atoms with Crippen LogP contribution in [0, 0.1) is 23.1 Å². The zero-order valence-electron chi connectivity index (χ0n) is 18.8. The Kier molecular flexibility index (Phi) is 6.93. The van der Waals surface area contributed by atoms with Crippen LogP contribution in [-0.2, 0) is 11.2 Å². The lowest BCUT2D eigenvalue weighted by Crippen LogP contribution is -2.31. The van der Waals surface area contributed by atoms with Gasteiger partial charge in [0.25, 0.3) is 5.91 Å². The summed E-state index contributed by atoms with van der Waals surface area (Å²) in [5.74, 6) is -0.472. The number of nitrogens with one attached hydrogen (secondary N) is 1. The maximum absolute atomic E-state index is 14.8. The van der Waals surface area contributed by atoms with E-state index in [1.807, 2.05) is 6.07 Å². The second kappa shape index (κ2) is 10.2. The van der Waals surface area contributed by atoms with Gasteiger partial charge in [0.2, 0.25) is 5.91 Å². The van der Waals surface area contributed by atoms with Gasteiger partial charge in [-0.1, -0.05) is 12.1 Å². The van der Waals surface area contributed by atoms with E-state index in [4.69, 9.17) is 5.26 Å². The molecule has 8 heteroatoms. The highest BCUT2D eigenvalue weighted by molar-refractivity contribution is 5.94. The second-order valence-electron chi connectivity index (χ2n) is 8.34. The Morgan fingerprint density at radius 1 is 1.15 bits per heavy atom. The average molecular weight is 458 g/mol. The van der Waals surface area contributed by atoms with Crippen molar-refractivity contribution in [1.29, 1.82) is 5.26 Å². The number of benzene rings is 1. The standard InChI is InChI=1S/C26H24FN5O2/c1-17(33)32(16-19-2-3-19)25-9-6-20(12-23(25)27)24-8-5-21(15-31-24)26(34)29-11-10-18-4-7-22(13-28)30-14-18/h4-9,12,14-15,19H,2-3,10-11,16H2,1H3,(H,29,34). The monoisotopic (exact) mass is 457 g/mol. The number of carbonyl (C=O) groups is 2. The summed E-state index contributed by atoms with van der Waals surface area (Å²) in [6, 6.07) is 13.4. The summed E-state index contributed by atoms with van der Waals surface area (Å²) in [5, 5.41) is 11.6. The number of carbonyl (C=O) groups excluding carboxylic acids is 2. The first-order chi connectivity index (χ1) is 16.4. The molecule has 2 amide bonds. The molecular weight excluding hydrogens is 433 g/mol. The van der Waals surface area contributed by atoms with Gasteiger partial charge in [-0.25, -0.2) is 9.37 Å². The molecule has 172 valence electrons. The van der Waals surface area contributed by atoms with E-state index in [1.165, 1.54) is 24.1 Å². The molecule has 1 saturated carbocycles. The van der Waals surface area contributed by atoms with Gasteiger partial charge in [0.1, 0.15) is 17.6 Å². The number of pyridine rings is 2. The molecule has 1 aliphatic carbocycles. The van der Waals surface area contributed by atoms with Gasteiger partial charge in [-0.05, 0) is 61.1 Å². The van der Waals surface area contributed by atoms with Crippen molar-refractivity contribution in [3.8, 4) is 17.3 Å². The fourth-order valence-corrected chi connectivity index (χ4v) is 3.60. The Bertz CT molecular complexity index is 1230. The molecule has 0 bridgehead atoms. The van der Waals surface area contributed by atoms with Gasteiger partial charge in [-0.3, -0.25) is 14.6 Å². The van der Waals surface area contributed by atoms with E-state index in [2.05, 4.69) is 15.3 Å². The third-order valence-electron chi connectivity index (χ3n) is 5.72. The van der Waals surface area contributed by atoms with Crippen molar-refractivity contribution < 1.29 is 14.0 Å². The van der Waals surface area contributed by atoms with Gasteiger partial charge >= 0.3 is 0 Å². The largest absolute Gasteiger partial charge is 0.352 e. The predicted octanol–water partition coefficient (Wildman–Crippen LogP) is 3.89. The van der Waals surface area contributed by atoms with Crippen LogP contribution in [0.2, 0.25) is 0 Å². The molecule has 0 unspecified atom stereocenters. The molecule has 1 aliphatic rings. The van der Waals surface area contributed by atoms with Crippen LogP contribution in [0.1, 0.15) is 41.4 Å². The summed E-state index contributed by atoms with van der Waals surface area (Å²) < 4.78 is 14.8. The Balaban J connectivity index is 1.37. The first-order valence-corrected chi connectivity index (χ1v) is 11.1. The van der Waals surface area contributed by atoms with Crippen molar-refractivity contribution in [1.82, 2.24) is 15.3 Å². The normalized spacial score (nSPS) is 12.6. The van der Waals surface area contributed by atoms with Crippen molar-refractivity contribution in [3.63, 3.8) is 0 Å². The van der Waals surface area contributed by atoms with Gasteiger partial charge < -0.3 is 10.2 Å². The fraction of sp³-hybridized carbons (Fsp3) is 0.269. The van der Waals surface area contributed by atoms with E-state index in [0.29, 0.717) is 47.9 Å². The Hall–Kier alpha value is -4.12. The highest BCUT2D eigenvalue weighted by Crippen LogP contribution is 2.33. The molecule has 2 aromatic heterocycles. The summed E-state index contributed by atoms with van der Waals surface area (Å²) in [5.41, 5.74) is 3.03. The van der Waals surface area contributed by atoms with Gasteiger partial charge in [-0.15, -0.1) is 0 Å². The minimum Gasteiger partial charge on any atom is -0.352 e. The number of anilines is 1. The molecule has 1 fully saturated rings. The predicted molar refractivity (Wildman–Crippen MR) is 125 cm³/mol. The zero-order chi connectivity index (χ0) is 24.1. The third kappa shape index (κ3) is 5.62. The van der Waals surface area contributed by atoms with Crippen LogP contribution in [-0.4, -0.2) is 34.9 Å². The van der Waals surface area contributed by atoms with Crippen molar-refractivity contribution in [2.45, 2.75) is 26.2 Å². The number of halogens is 1. The number of amides is 2. The highest BCUT2D eigenvalue weighted by atomic mass is 19.1. The van der Waals surface area contributed by atoms with E-state index in [0.717, 1.165) is 18.4 Å². The van der Waals surface area contributed by atoms with Gasteiger partial charge in [-0.2, -0.15) is 5.26 Å². The SMILES string of the molecule is CC(=O)N(CC1CC1)c1ccc(-c2ccc(C(=O)NCCc3ccc(C#N)nc3)cn2)cc1F. The van der Waals surface area contributed by atoms with E-state index in [9.17, 15) is 14.0 Å². The Morgan fingerprint density at radius 3 is 2.56 bits per heavy atom. The average Bonchev–Trinajstić information content (AvgIpc) is 3.67. The summed E-state index contributed by atoms with van der Waals surface area (Å²) in [6.45, 7) is 2.39. The molecule has 2 heterocycles. The first-order valence-electron chi connectivity index (χ1n) is 11.1. The lowest BCUT2D eigenvalue weighted by molar-refractivity contribution is -0.116. The minimum atomic E-state index is -0.478. The lowest BCUT2D eigenvalue weighted by atomic mass is 10.1. The van der Waals surface area contributed by atoms with Gasteiger partial charge in [0.05, 0.1) is 16.9 Å². The van der Waals surface area contributed by atoms with Gasteiger partial charge in [0.15, 0.2) is 0 Å². The molecule has 34 heavy (non-hydrogen) atoms. The molecule has 0 radical (unpaired) electrons. The molecular formula is C26H24FN5O2. The van der Waals surface area contributed by atoms with Crippen LogP contribution < -0.4 is 10.2 Å². The summed E-state index contributed by atoms with van der Waals surface area (Å²) >= 11 is 0. The number of aromatic nitrogens is 2. The van der Waals surface area contributed by atoms with Gasteiger partial charge in [0, 0.05) is 38.0 Å². The summed E-state index contributed by atoms with van der Waals surface area (Å²) in [7, 11) is 0. The van der Waals surface area contributed by atoms with E-state index in [-0.39, 0.29) is 17.5 Å². The lowest BCUT2D eigenvalue weighted by Gasteiger charge is -2.22. The van der Waals surface area contributed by atoms with E-state index >= 15 is 0 Å². The molecule has 3 aromatic rings. The van der Waals surface area contributed by atoms with Crippen molar-refractivity contribution in [2.24, 2.45) is 5.92 Å². The molecule has 1 aromatic carbocycles. The minimum absolute atomic E-state index is 0.178. The highest BCUT2D eigenvalue weighted by Gasteiger charge is 2.27. The van der Waals surface area contributed by atoms with Crippen LogP contribution in [0.15, 0.2) is 54.9 Å². The maximum Gasteiger partial charge on any atom is 0.252 e. The molecule has 0 spiro atoms. The van der Waals surface area contributed by atoms with Crippen LogP contribution in [0.5, 0.6) is 0 Å². The van der Waals surface area contributed by atoms with Crippen molar-refractivity contribution in [3.05, 3.63) is 77.5 Å². The van der Waals surface area contributed by atoms with Crippen molar-refractivity contribution in [2.75, 3.05) is 18.0 Å². The zero-order valence-corrected chi connectivity index (χ0v) is 18.8. The molecule has 0 aliphatic heterocycles. The van der Waals surface area contributed by atoms with Crippen LogP contribution >= 0.6 is 0 Å². The Morgan fingerprint density at radius 2 is 1.97 bits per heavy atom. The molecule has 7 nitrogen and oxygen atoms in total. The smallest absolute Gasteiger partial charge is 0.252 e.